The first-order chi connectivity index (χ1) is 7.13. The van der Waals surface area contributed by atoms with Crippen LogP contribution in [0.1, 0.15) is 15.9 Å². The van der Waals surface area contributed by atoms with Crippen molar-refractivity contribution < 1.29 is 9.53 Å². The van der Waals surface area contributed by atoms with Crippen LogP contribution in [0.3, 0.4) is 0 Å². The number of nitrogen functional groups attached to an aromatic ring is 1. The lowest BCUT2D eigenvalue weighted by Crippen LogP contribution is -2.00. The number of rotatable bonds is 1. The summed E-state index contributed by atoms with van der Waals surface area (Å²) in [7, 11) is 1.37. The van der Waals surface area contributed by atoms with Gasteiger partial charge in [0.15, 0.2) is 0 Å². The predicted molar refractivity (Wildman–Crippen MR) is 58.8 cm³/mol. The average molecular weight is 204 g/mol. The number of methoxy groups -OCH3 is 1. The summed E-state index contributed by atoms with van der Waals surface area (Å²) >= 11 is 0. The summed E-state index contributed by atoms with van der Waals surface area (Å²) in [6.07, 6.45) is 0. The quantitative estimate of drug-likeness (QED) is 0.696. The van der Waals surface area contributed by atoms with Crippen molar-refractivity contribution in [2.45, 2.75) is 6.92 Å². The summed E-state index contributed by atoms with van der Waals surface area (Å²) in [5.41, 5.74) is 8.16. The molecule has 2 aromatic rings. The van der Waals surface area contributed by atoms with E-state index in [1.54, 1.807) is 12.1 Å². The van der Waals surface area contributed by atoms with Gasteiger partial charge in [0.25, 0.3) is 0 Å². The van der Waals surface area contributed by atoms with E-state index < -0.39 is 0 Å². The van der Waals surface area contributed by atoms with Crippen LogP contribution >= 0.6 is 0 Å². The molecule has 4 heteroatoms. The lowest BCUT2D eigenvalue weighted by atomic mass is 10.1. The van der Waals surface area contributed by atoms with Gasteiger partial charge in [-0.15, -0.1) is 0 Å². The SMILES string of the molecule is COC(=O)c1ccc2[nH]c(N)c(C)c2c1. The second kappa shape index (κ2) is 3.31. The van der Waals surface area contributed by atoms with Crippen LogP contribution in [0.15, 0.2) is 18.2 Å². The van der Waals surface area contributed by atoms with Crippen molar-refractivity contribution in [3.63, 3.8) is 0 Å². The number of hydrogen-bond acceptors (Lipinski definition) is 3. The smallest absolute Gasteiger partial charge is 0.337 e. The first-order valence-electron chi connectivity index (χ1n) is 4.59. The zero-order chi connectivity index (χ0) is 11.0. The fourth-order valence-electron chi connectivity index (χ4n) is 1.59. The predicted octanol–water partition coefficient (Wildman–Crippen LogP) is 1.85. The van der Waals surface area contributed by atoms with Gasteiger partial charge in [0, 0.05) is 10.9 Å². The number of fused-ring (bicyclic) bond motifs is 1. The van der Waals surface area contributed by atoms with Gasteiger partial charge < -0.3 is 15.5 Å². The van der Waals surface area contributed by atoms with Crippen LogP contribution in [0, 0.1) is 6.92 Å². The third-order valence-electron chi connectivity index (χ3n) is 2.52. The molecule has 78 valence electrons. The van der Waals surface area contributed by atoms with Crippen LogP contribution < -0.4 is 5.73 Å². The topological polar surface area (TPSA) is 68.1 Å². The molecule has 0 atom stereocenters. The van der Waals surface area contributed by atoms with Crippen LogP contribution in [0.25, 0.3) is 10.9 Å². The number of ether oxygens (including phenoxy) is 1. The van der Waals surface area contributed by atoms with Crippen molar-refractivity contribution in [1.29, 1.82) is 0 Å². The molecule has 1 aromatic heterocycles. The highest BCUT2D eigenvalue weighted by molar-refractivity contribution is 5.97. The highest BCUT2D eigenvalue weighted by Gasteiger charge is 2.09. The van der Waals surface area contributed by atoms with Crippen molar-refractivity contribution in [2.75, 3.05) is 12.8 Å². The summed E-state index contributed by atoms with van der Waals surface area (Å²) in [6, 6.07) is 5.32. The molecule has 15 heavy (non-hydrogen) atoms. The minimum absolute atomic E-state index is 0.337. The molecule has 1 heterocycles. The Bertz CT molecular complexity index is 529. The first kappa shape index (κ1) is 9.58. The molecule has 0 aliphatic heterocycles. The number of aromatic amines is 1. The fraction of sp³-hybridized carbons (Fsp3) is 0.182. The number of benzene rings is 1. The number of nitrogens with one attached hydrogen (secondary N) is 1. The monoisotopic (exact) mass is 204 g/mol. The van der Waals surface area contributed by atoms with Gasteiger partial charge in [-0.05, 0) is 30.7 Å². The van der Waals surface area contributed by atoms with Crippen molar-refractivity contribution in [3.8, 4) is 0 Å². The van der Waals surface area contributed by atoms with Crippen LogP contribution in [0.2, 0.25) is 0 Å². The van der Waals surface area contributed by atoms with Gasteiger partial charge in [0.1, 0.15) is 5.82 Å². The molecular weight excluding hydrogens is 192 g/mol. The number of carbonyl (C=O) groups is 1. The lowest BCUT2D eigenvalue weighted by molar-refractivity contribution is 0.0601. The summed E-state index contributed by atoms with van der Waals surface area (Å²) in [5, 5.41) is 0.954. The number of hydrogen-bond donors (Lipinski definition) is 2. The van der Waals surface area contributed by atoms with Crippen molar-refractivity contribution >= 4 is 22.7 Å². The maximum Gasteiger partial charge on any atom is 0.337 e. The molecule has 0 aliphatic carbocycles. The van der Waals surface area contributed by atoms with Crippen molar-refractivity contribution in [2.24, 2.45) is 0 Å². The van der Waals surface area contributed by atoms with Crippen LogP contribution in [0.5, 0.6) is 0 Å². The largest absolute Gasteiger partial charge is 0.465 e. The van der Waals surface area contributed by atoms with Gasteiger partial charge in [0.05, 0.1) is 12.7 Å². The second-order valence-electron chi connectivity index (χ2n) is 3.42. The molecule has 0 bridgehead atoms. The first-order valence-corrected chi connectivity index (χ1v) is 4.59. The van der Waals surface area contributed by atoms with E-state index in [2.05, 4.69) is 9.72 Å². The summed E-state index contributed by atoms with van der Waals surface area (Å²) in [6.45, 7) is 1.91. The van der Waals surface area contributed by atoms with E-state index in [9.17, 15) is 4.79 Å². The Hall–Kier alpha value is -1.97. The average Bonchev–Trinajstić information content (AvgIpc) is 2.54. The Morgan fingerprint density at radius 3 is 2.87 bits per heavy atom. The minimum Gasteiger partial charge on any atom is -0.465 e. The highest BCUT2D eigenvalue weighted by atomic mass is 16.5. The summed E-state index contributed by atoms with van der Waals surface area (Å²) in [4.78, 5) is 14.3. The number of H-pyrrole nitrogens is 1. The van der Waals surface area contributed by atoms with Gasteiger partial charge in [-0.1, -0.05) is 0 Å². The van der Waals surface area contributed by atoms with Gasteiger partial charge >= 0.3 is 5.97 Å². The van der Waals surface area contributed by atoms with Crippen molar-refractivity contribution in [1.82, 2.24) is 4.98 Å². The molecule has 2 rings (SSSR count). The Balaban J connectivity index is 2.64. The second-order valence-corrected chi connectivity index (χ2v) is 3.42. The molecule has 0 amide bonds. The van der Waals surface area contributed by atoms with E-state index in [0.717, 1.165) is 16.5 Å². The van der Waals surface area contributed by atoms with E-state index >= 15 is 0 Å². The zero-order valence-electron chi connectivity index (χ0n) is 8.63. The Morgan fingerprint density at radius 2 is 2.20 bits per heavy atom. The molecule has 4 nitrogen and oxygen atoms in total. The normalized spacial score (nSPS) is 10.5. The molecule has 0 fully saturated rings. The van der Waals surface area contributed by atoms with Gasteiger partial charge in [-0.2, -0.15) is 0 Å². The van der Waals surface area contributed by atoms with Gasteiger partial charge in [0.2, 0.25) is 0 Å². The van der Waals surface area contributed by atoms with E-state index in [0.29, 0.717) is 11.4 Å². The Labute approximate surface area is 87.0 Å². The maximum absolute atomic E-state index is 11.3. The third kappa shape index (κ3) is 1.44. The van der Waals surface area contributed by atoms with Crippen LogP contribution in [0.4, 0.5) is 5.82 Å². The number of anilines is 1. The summed E-state index contributed by atoms with van der Waals surface area (Å²) < 4.78 is 4.65. The van der Waals surface area contributed by atoms with E-state index in [4.69, 9.17) is 5.73 Å². The van der Waals surface area contributed by atoms with Crippen LogP contribution in [-0.2, 0) is 4.74 Å². The number of carbonyl (C=O) groups excluding carboxylic acids is 1. The molecule has 0 unspecified atom stereocenters. The number of nitrogens with two attached hydrogens (primary N) is 1. The van der Waals surface area contributed by atoms with E-state index in [-0.39, 0.29) is 5.97 Å². The molecule has 3 N–H and O–H groups in total. The molecule has 1 aromatic carbocycles. The van der Waals surface area contributed by atoms with Crippen molar-refractivity contribution in [3.05, 3.63) is 29.3 Å². The summed E-state index contributed by atoms with van der Waals surface area (Å²) in [5.74, 6) is 0.295. The molecule has 0 saturated heterocycles. The number of aryl methyl sites for hydroxylation is 1. The molecular formula is C11H12N2O2. The highest BCUT2D eigenvalue weighted by Crippen LogP contribution is 2.24. The standard InChI is InChI=1S/C11H12N2O2/c1-6-8-5-7(11(14)15-2)3-4-9(8)13-10(6)12/h3-5,13H,12H2,1-2H3. The molecule has 0 radical (unpaired) electrons. The van der Waals surface area contributed by atoms with Crippen LogP contribution in [-0.4, -0.2) is 18.1 Å². The molecule has 0 saturated carbocycles. The zero-order valence-corrected chi connectivity index (χ0v) is 8.63. The number of aromatic nitrogens is 1. The van der Waals surface area contributed by atoms with Gasteiger partial charge in [-0.25, -0.2) is 4.79 Å². The number of esters is 1. The fourth-order valence-corrected chi connectivity index (χ4v) is 1.59. The Kier molecular flexibility index (Phi) is 2.11. The maximum atomic E-state index is 11.3. The van der Waals surface area contributed by atoms with E-state index in [1.807, 2.05) is 13.0 Å². The Morgan fingerprint density at radius 1 is 1.47 bits per heavy atom. The van der Waals surface area contributed by atoms with E-state index in [1.165, 1.54) is 7.11 Å². The molecule has 0 spiro atoms. The third-order valence-corrected chi connectivity index (χ3v) is 2.52. The lowest BCUT2D eigenvalue weighted by Gasteiger charge is -1.99. The van der Waals surface area contributed by atoms with Gasteiger partial charge in [-0.3, -0.25) is 0 Å². The minimum atomic E-state index is -0.337. The molecule has 0 aliphatic rings.